The molecular weight excluding hydrogens is 316 g/mol. The molecule has 5 nitrogen and oxygen atoms in total. The molecule has 0 saturated carbocycles. The third kappa shape index (κ3) is 5.53. The molecule has 0 aromatic heterocycles. The number of nitrogens with one attached hydrogen (secondary N) is 1. The van der Waals surface area contributed by atoms with Crippen molar-refractivity contribution in [1.29, 1.82) is 0 Å². The first-order chi connectivity index (χ1) is 12.1. The molecule has 1 amide bonds. The van der Waals surface area contributed by atoms with Gasteiger partial charge in [-0.25, -0.2) is 0 Å². The fourth-order valence-corrected chi connectivity index (χ4v) is 3.88. The summed E-state index contributed by atoms with van der Waals surface area (Å²) in [7, 11) is 0. The molecule has 2 aliphatic rings. The molecule has 1 aromatic rings. The molecule has 3 atom stereocenters. The molecule has 5 heteroatoms. The molecule has 138 valence electrons. The molecule has 1 N–H and O–H groups in total. The van der Waals surface area contributed by atoms with E-state index in [1.807, 2.05) is 0 Å². The van der Waals surface area contributed by atoms with Crippen LogP contribution in [0.1, 0.15) is 31.4 Å². The molecule has 25 heavy (non-hydrogen) atoms. The first-order valence-corrected chi connectivity index (χ1v) is 9.37. The molecule has 0 bridgehead atoms. The van der Waals surface area contributed by atoms with Crippen LogP contribution in [0.3, 0.4) is 0 Å². The highest BCUT2D eigenvalue weighted by Crippen LogP contribution is 2.22. The lowest BCUT2D eigenvalue weighted by Crippen LogP contribution is -2.42. The lowest BCUT2D eigenvalue weighted by atomic mass is 9.91. The van der Waals surface area contributed by atoms with Gasteiger partial charge in [0.15, 0.2) is 6.10 Å². The highest BCUT2D eigenvalue weighted by atomic mass is 16.6. The summed E-state index contributed by atoms with van der Waals surface area (Å²) in [4.78, 5) is 14.6. The van der Waals surface area contributed by atoms with Gasteiger partial charge in [0.1, 0.15) is 0 Å². The monoisotopic (exact) mass is 346 g/mol. The number of amides is 1. The predicted molar refractivity (Wildman–Crippen MR) is 97.1 cm³/mol. The summed E-state index contributed by atoms with van der Waals surface area (Å²) in [5.74, 6) is 1.47. The Bertz CT molecular complexity index is 545. The number of hydrogen-bond donors (Lipinski definition) is 1. The Kier molecular flexibility index (Phi) is 6.45. The third-order valence-electron chi connectivity index (χ3n) is 4.95. The van der Waals surface area contributed by atoms with Gasteiger partial charge in [-0.15, -0.1) is 0 Å². The number of carbonyl (C=O) groups is 1. The van der Waals surface area contributed by atoms with Crippen molar-refractivity contribution in [3.8, 4) is 0 Å². The third-order valence-corrected chi connectivity index (χ3v) is 4.95. The Hall–Kier alpha value is -1.43. The van der Waals surface area contributed by atoms with Crippen LogP contribution in [0.25, 0.3) is 0 Å². The molecule has 0 unspecified atom stereocenters. The zero-order valence-electron chi connectivity index (χ0n) is 15.4. The van der Waals surface area contributed by atoms with Crippen LogP contribution in [0, 0.1) is 11.8 Å². The molecular formula is C20H30N2O3. The second-order valence-corrected chi connectivity index (χ2v) is 7.61. The number of piperidine rings is 1. The van der Waals surface area contributed by atoms with Gasteiger partial charge in [0.05, 0.1) is 19.8 Å². The van der Waals surface area contributed by atoms with Crippen molar-refractivity contribution >= 4 is 5.91 Å². The van der Waals surface area contributed by atoms with Crippen LogP contribution < -0.4 is 5.32 Å². The molecule has 0 radical (unpaired) electrons. The molecule has 0 aliphatic carbocycles. The van der Waals surface area contributed by atoms with Crippen LogP contribution >= 0.6 is 0 Å². The fourth-order valence-electron chi connectivity index (χ4n) is 3.88. The van der Waals surface area contributed by atoms with Gasteiger partial charge in [-0.3, -0.25) is 9.69 Å². The van der Waals surface area contributed by atoms with Crippen molar-refractivity contribution in [2.75, 3.05) is 32.9 Å². The Balaban J connectivity index is 1.46. The minimum Gasteiger partial charge on any atom is -0.376 e. The van der Waals surface area contributed by atoms with E-state index >= 15 is 0 Å². The van der Waals surface area contributed by atoms with E-state index < -0.39 is 6.10 Å². The fraction of sp³-hybridized carbons (Fsp3) is 0.650. The molecule has 2 fully saturated rings. The summed E-state index contributed by atoms with van der Waals surface area (Å²) in [6, 6.07) is 8.55. The Labute approximate surface area is 150 Å². The maximum absolute atomic E-state index is 12.0. The minimum atomic E-state index is -0.476. The highest BCUT2D eigenvalue weighted by molar-refractivity contribution is 5.80. The van der Waals surface area contributed by atoms with Gasteiger partial charge in [0.25, 0.3) is 5.91 Å². The maximum Gasteiger partial charge on any atom is 0.251 e. The van der Waals surface area contributed by atoms with Gasteiger partial charge in [0.2, 0.25) is 0 Å². The topological polar surface area (TPSA) is 50.8 Å². The van der Waals surface area contributed by atoms with E-state index in [0.29, 0.717) is 26.4 Å². The number of likely N-dealkylation sites (tertiary alicyclic amines) is 1. The standard InChI is InChI=1S/C20H30N2O3/c1-15-9-16(2)12-22(11-15)13-18-5-3-17(4-6-18)10-21-20(23)19-14-24-7-8-25-19/h3-6,15-16,19H,7-14H2,1-2H3,(H,21,23)/t15-,16-,19+/m1/s1. The van der Waals surface area contributed by atoms with Gasteiger partial charge in [-0.2, -0.15) is 0 Å². The van der Waals surface area contributed by atoms with Gasteiger partial charge in [-0.1, -0.05) is 38.1 Å². The van der Waals surface area contributed by atoms with Crippen molar-refractivity contribution < 1.29 is 14.3 Å². The SMILES string of the molecule is C[C@@H]1C[C@@H](C)CN(Cc2ccc(CNC(=O)[C@@H]3COCCO3)cc2)C1. The molecule has 2 heterocycles. The second kappa shape index (κ2) is 8.79. The average Bonchev–Trinajstić information content (AvgIpc) is 2.61. The van der Waals surface area contributed by atoms with Crippen molar-refractivity contribution in [2.24, 2.45) is 11.8 Å². The normalized spacial score (nSPS) is 27.8. The van der Waals surface area contributed by atoms with E-state index in [9.17, 15) is 4.79 Å². The number of carbonyl (C=O) groups excluding carboxylic acids is 1. The van der Waals surface area contributed by atoms with E-state index in [2.05, 4.69) is 48.3 Å². The number of benzene rings is 1. The summed E-state index contributed by atoms with van der Waals surface area (Å²) in [5.41, 5.74) is 2.44. The summed E-state index contributed by atoms with van der Waals surface area (Å²) >= 11 is 0. The molecule has 2 aliphatic heterocycles. The second-order valence-electron chi connectivity index (χ2n) is 7.61. The lowest BCUT2D eigenvalue weighted by Gasteiger charge is -2.35. The van der Waals surface area contributed by atoms with E-state index in [4.69, 9.17) is 9.47 Å². The highest BCUT2D eigenvalue weighted by Gasteiger charge is 2.23. The number of rotatable bonds is 5. The first kappa shape index (κ1) is 18.4. The summed E-state index contributed by atoms with van der Waals surface area (Å²) in [6.45, 7) is 9.99. The summed E-state index contributed by atoms with van der Waals surface area (Å²) in [5, 5.41) is 2.93. The van der Waals surface area contributed by atoms with Crippen LogP contribution in [-0.4, -0.2) is 49.8 Å². The van der Waals surface area contributed by atoms with Gasteiger partial charge in [0, 0.05) is 26.2 Å². The smallest absolute Gasteiger partial charge is 0.251 e. The van der Waals surface area contributed by atoms with Crippen LogP contribution in [0.5, 0.6) is 0 Å². The predicted octanol–water partition coefficient (Wildman–Crippen LogP) is 2.20. The largest absolute Gasteiger partial charge is 0.376 e. The zero-order valence-corrected chi connectivity index (χ0v) is 15.4. The zero-order chi connectivity index (χ0) is 17.6. The molecule has 1 aromatic carbocycles. The van der Waals surface area contributed by atoms with Crippen LogP contribution in [0.15, 0.2) is 24.3 Å². The lowest BCUT2D eigenvalue weighted by molar-refractivity contribution is -0.147. The Morgan fingerprint density at radius 3 is 2.44 bits per heavy atom. The molecule has 0 spiro atoms. The minimum absolute atomic E-state index is 0.0972. The molecule has 2 saturated heterocycles. The van der Waals surface area contributed by atoms with Crippen LogP contribution in [0.2, 0.25) is 0 Å². The average molecular weight is 346 g/mol. The van der Waals surface area contributed by atoms with Crippen LogP contribution in [-0.2, 0) is 27.4 Å². The van der Waals surface area contributed by atoms with Gasteiger partial charge in [-0.05, 0) is 29.4 Å². The van der Waals surface area contributed by atoms with Gasteiger partial charge < -0.3 is 14.8 Å². The van der Waals surface area contributed by atoms with Crippen molar-refractivity contribution in [3.63, 3.8) is 0 Å². The number of hydrogen-bond acceptors (Lipinski definition) is 4. The Morgan fingerprint density at radius 1 is 1.12 bits per heavy atom. The summed E-state index contributed by atoms with van der Waals surface area (Å²) in [6.07, 6.45) is 0.862. The van der Waals surface area contributed by atoms with Gasteiger partial charge >= 0.3 is 0 Å². The van der Waals surface area contributed by atoms with Crippen molar-refractivity contribution in [1.82, 2.24) is 10.2 Å². The number of nitrogens with zero attached hydrogens (tertiary/aromatic N) is 1. The van der Waals surface area contributed by atoms with Crippen molar-refractivity contribution in [2.45, 2.75) is 39.5 Å². The Morgan fingerprint density at radius 2 is 1.80 bits per heavy atom. The summed E-state index contributed by atoms with van der Waals surface area (Å²) < 4.78 is 10.7. The van der Waals surface area contributed by atoms with Crippen LogP contribution in [0.4, 0.5) is 0 Å². The first-order valence-electron chi connectivity index (χ1n) is 9.37. The number of ether oxygens (including phenoxy) is 2. The van der Waals surface area contributed by atoms with E-state index in [0.717, 1.165) is 23.9 Å². The van der Waals surface area contributed by atoms with E-state index in [-0.39, 0.29) is 5.91 Å². The maximum atomic E-state index is 12.0. The van der Waals surface area contributed by atoms with E-state index in [1.54, 1.807) is 0 Å². The quantitative estimate of drug-likeness (QED) is 0.888. The van der Waals surface area contributed by atoms with E-state index in [1.165, 1.54) is 25.1 Å². The molecule has 3 rings (SSSR count). The van der Waals surface area contributed by atoms with Crippen molar-refractivity contribution in [3.05, 3.63) is 35.4 Å².